The fourth-order valence-corrected chi connectivity index (χ4v) is 10.8. The van der Waals surface area contributed by atoms with Crippen LogP contribution in [0.2, 0.25) is 5.04 Å². The lowest BCUT2D eigenvalue weighted by Gasteiger charge is -2.43. The molecule has 1 N–H and O–H groups in total. The van der Waals surface area contributed by atoms with E-state index in [0.717, 1.165) is 12.8 Å². The van der Waals surface area contributed by atoms with Crippen LogP contribution in [0.1, 0.15) is 59.3 Å². The summed E-state index contributed by atoms with van der Waals surface area (Å²) in [6, 6.07) is 21.3. The van der Waals surface area contributed by atoms with Crippen molar-refractivity contribution in [2.75, 3.05) is 6.61 Å². The van der Waals surface area contributed by atoms with Gasteiger partial charge in [-0.15, -0.1) is 6.58 Å². The van der Waals surface area contributed by atoms with Gasteiger partial charge in [0.1, 0.15) is 6.10 Å². The van der Waals surface area contributed by atoms with Crippen LogP contribution >= 0.6 is 0 Å². The van der Waals surface area contributed by atoms with Gasteiger partial charge in [0, 0.05) is 19.4 Å². The van der Waals surface area contributed by atoms with Gasteiger partial charge in [-0.1, -0.05) is 93.9 Å². The predicted molar refractivity (Wildman–Crippen MR) is 146 cm³/mol. The molecule has 2 aliphatic heterocycles. The quantitative estimate of drug-likeness (QED) is 0.224. The highest BCUT2D eigenvalue weighted by Crippen LogP contribution is 2.43. The van der Waals surface area contributed by atoms with Crippen LogP contribution in [-0.2, 0) is 18.8 Å². The second-order valence-corrected chi connectivity index (χ2v) is 15.4. The Morgan fingerprint density at radius 2 is 1.67 bits per heavy atom. The monoisotopic (exact) mass is 505 g/mol. The molecule has 1 spiro atoms. The molecule has 0 saturated carbocycles. The van der Waals surface area contributed by atoms with Crippen molar-refractivity contribution in [3.05, 3.63) is 73.3 Å². The maximum absolute atomic E-state index is 12.8. The summed E-state index contributed by atoms with van der Waals surface area (Å²) in [5.41, 5.74) is -0.596. The van der Waals surface area contributed by atoms with Gasteiger partial charge in [0.2, 0.25) is 5.91 Å². The largest absolute Gasteiger partial charge is 0.459 e. The summed E-state index contributed by atoms with van der Waals surface area (Å²) in [5, 5.41) is 5.58. The number of ether oxygens (including phenoxy) is 1. The first-order chi connectivity index (χ1) is 17.2. The minimum absolute atomic E-state index is 0.00220. The Hall–Kier alpha value is -2.70. The number of hydrogen-bond acceptors (Lipinski definition) is 4. The maximum atomic E-state index is 12.8. The number of rotatable bonds is 10. The van der Waals surface area contributed by atoms with Gasteiger partial charge in [-0.2, -0.15) is 0 Å². The summed E-state index contributed by atoms with van der Waals surface area (Å²) >= 11 is 0. The van der Waals surface area contributed by atoms with Gasteiger partial charge in [0.25, 0.3) is 8.32 Å². The third-order valence-electron chi connectivity index (χ3n) is 7.88. The zero-order valence-corrected chi connectivity index (χ0v) is 22.8. The molecule has 1 amide bonds. The topological polar surface area (TPSA) is 64.6 Å². The first-order valence-electron chi connectivity index (χ1n) is 13.1. The Bertz CT molecular complexity index is 1030. The first kappa shape index (κ1) is 26.4. The van der Waals surface area contributed by atoms with Crippen molar-refractivity contribution < 1.29 is 18.8 Å². The SMILES string of the molecule is C=CCC1OC(=O)[C@H](CCCCO[Si](c2ccccc2)(c2ccccc2)C(C)(C)C)[C@@]12CCC(=O)N2. The normalized spacial score (nSPS) is 24.1. The third-order valence-corrected chi connectivity index (χ3v) is 12.9. The van der Waals surface area contributed by atoms with Crippen molar-refractivity contribution in [3.63, 3.8) is 0 Å². The molecule has 2 aliphatic rings. The molecule has 0 bridgehead atoms. The van der Waals surface area contributed by atoms with Gasteiger partial charge in [-0.3, -0.25) is 9.59 Å². The number of nitrogens with one attached hydrogen (secondary N) is 1. The average molecular weight is 506 g/mol. The molecule has 2 fully saturated rings. The molecule has 36 heavy (non-hydrogen) atoms. The molecule has 6 heteroatoms. The summed E-state index contributed by atoms with van der Waals surface area (Å²) < 4.78 is 12.7. The van der Waals surface area contributed by atoms with E-state index < -0.39 is 13.9 Å². The highest BCUT2D eigenvalue weighted by molar-refractivity contribution is 6.99. The average Bonchev–Trinajstić information content (AvgIpc) is 3.36. The van der Waals surface area contributed by atoms with Gasteiger partial charge in [0.05, 0.1) is 11.5 Å². The molecule has 2 saturated heterocycles. The Morgan fingerprint density at radius 1 is 1.06 bits per heavy atom. The highest BCUT2D eigenvalue weighted by atomic mass is 28.4. The maximum Gasteiger partial charge on any atom is 0.311 e. The fourth-order valence-electron chi connectivity index (χ4n) is 6.19. The summed E-state index contributed by atoms with van der Waals surface area (Å²) in [6.45, 7) is 11.3. The molecule has 192 valence electrons. The van der Waals surface area contributed by atoms with Crippen LogP contribution in [0.15, 0.2) is 73.3 Å². The Kier molecular flexibility index (Phi) is 7.86. The summed E-state index contributed by atoms with van der Waals surface area (Å²) in [7, 11) is -2.57. The zero-order valence-electron chi connectivity index (χ0n) is 21.8. The summed E-state index contributed by atoms with van der Waals surface area (Å²) in [6.07, 6.45) is 5.42. The molecule has 5 nitrogen and oxygen atoms in total. The van der Waals surface area contributed by atoms with E-state index in [1.807, 2.05) is 12.1 Å². The van der Waals surface area contributed by atoms with E-state index in [1.165, 1.54) is 10.4 Å². The number of hydrogen-bond donors (Lipinski definition) is 1. The molecule has 0 aliphatic carbocycles. The third kappa shape index (κ3) is 4.81. The molecule has 2 heterocycles. The fraction of sp³-hybridized carbons (Fsp3) is 0.467. The standard InChI is InChI=1S/C30H39NO4Si/c1-5-14-26-30(21-20-27(32)31-30)25(28(33)35-26)19-12-13-22-34-36(29(2,3)4,23-15-8-6-9-16-23)24-17-10-7-11-18-24/h5-11,15-18,25-26H,1,12-14,19-22H2,2-4H3,(H,31,32)/t25-,26?,30-/m0/s1. The van der Waals surface area contributed by atoms with E-state index >= 15 is 0 Å². The number of esters is 1. The second-order valence-electron chi connectivity index (χ2n) is 11.1. The van der Waals surface area contributed by atoms with Crippen molar-refractivity contribution in [2.45, 2.75) is 76.0 Å². The molecule has 3 atom stereocenters. The smallest absolute Gasteiger partial charge is 0.311 e. The molecule has 0 aromatic heterocycles. The predicted octanol–water partition coefficient (Wildman–Crippen LogP) is 4.50. The van der Waals surface area contributed by atoms with Crippen molar-refractivity contribution >= 4 is 30.6 Å². The van der Waals surface area contributed by atoms with Crippen molar-refractivity contribution in [1.29, 1.82) is 0 Å². The highest BCUT2D eigenvalue weighted by Gasteiger charge is 2.59. The Balaban J connectivity index is 1.48. The van der Waals surface area contributed by atoms with Gasteiger partial charge in [0.15, 0.2) is 0 Å². The van der Waals surface area contributed by atoms with E-state index in [9.17, 15) is 9.59 Å². The lowest BCUT2D eigenvalue weighted by molar-refractivity contribution is -0.144. The van der Waals surface area contributed by atoms with Crippen LogP contribution < -0.4 is 15.7 Å². The minimum atomic E-state index is -2.57. The lowest BCUT2D eigenvalue weighted by Crippen LogP contribution is -2.66. The molecule has 4 rings (SSSR count). The second kappa shape index (κ2) is 10.7. The summed E-state index contributed by atoms with van der Waals surface area (Å²) in [4.78, 5) is 25.0. The summed E-state index contributed by atoms with van der Waals surface area (Å²) in [5.74, 6) is -0.513. The Morgan fingerprint density at radius 3 is 2.17 bits per heavy atom. The van der Waals surface area contributed by atoms with Crippen molar-refractivity contribution in [2.24, 2.45) is 5.92 Å². The van der Waals surface area contributed by atoms with Crippen LogP contribution in [0.3, 0.4) is 0 Å². The van der Waals surface area contributed by atoms with Gasteiger partial charge < -0.3 is 14.5 Å². The van der Waals surface area contributed by atoms with Crippen molar-refractivity contribution in [3.8, 4) is 0 Å². The molecular weight excluding hydrogens is 466 g/mol. The number of carbonyl (C=O) groups excluding carboxylic acids is 2. The number of unbranched alkanes of at least 4 members (excludes halogenated alkanes) is 1. The van der Waals surface area contributed by atoms with Gasteiger partial charge in [-0.05, 0) is 34.7 Å². The van der Waals surface area contributed by atoms with Crippen molar-refractivity contribution in [1.82, 2.24) is 5.32 Å². The van der Waals surface area contributed by atoms with E-state index in [2.05, 4.69) is 81.2 Å². The molecule has 1 unspecified atom stereocenters. The molecule has 0 radical (unpaired) electrons. The van der Waals surface area contributed by atoms with Gasteiger partial charge >= 0.3 is 5.97 Å². The number of benzene rings is 2. The van der Waals surface area contributed by atoms with E-state index in [4.69, 9.17) is 9.16 Å². The van der Waals surface area contributed by atoms with E-state index in [0.29, 0.717) is 32.3 Å². The minimum Gasteiger partial charge on any atom is -0.459 e. The first-order valence-corrected chi connectivity index (χ1v) is 15.0. The molecule has 2 aromatic carbocycles. The van der Waals surface area contributed by atoms with Crippen LogP contribution in [0.5, 0.6) is 0 Å². The molecule has 2 aromatic rings. The Labute approximate surface area is 216 Å². The van der Waals surface area contributed by atoms with E-state index in [-0.39, 0.29) is 28.9 Å². The number of amides is 1. The lowest BCUT2D eigenvalue weighted by atomic mass is 9.77. The van der Waals surface area contributed by atoms with Gasteiger partial charge in [-0.25, -0.2) is 0 Å². The number of cyclic esters (lactones) is 1. The van der Waals surface area contributed by atoms with Crippen LogP contribution in [0.4, 0.5) is 0 Å². The van der Waals surface area contributed by atoms with E-state index in [1.54, 1.807) is 6.08 Å². The number of carbonyl (C=O) groups is 2. The molecular formula is C30H39NO4Si. The van der Waals surface area contributed by atoms with Crippen LogP contribution in [-0.4, -0.2) is 38.4 Å². The zero-order chi connectivity index (χ0) is 25.8. The van der Waals surface area contributed by atoms with Crippen LogP contribution in [0.25, 0.3) is 0 Å². The van der Waals surface area contributed by atoms with Crippen LogP contribution in [0, 0.1) is 5.92 Å².